The van der Waals surface area contributed by atoms with Gasteiger partial charge in [-0.2, -0.15) is 0 Å². The van der Waals surface area contributed by atoms with Gasteiger partial charge in [0.1, 0.15) is 6.10 Å². The van der Waals surface area contributed by atoms with Crippen LogP contribution in [-0.4, -0.2) is 12.1 Å². The van der Waals surface area contributed by atoms with Gasteiger partial charge in [-0.3, -0.25) is 0 Å². The van der Waals surface area contributed by atoms with E-state index in [0.29, 0.717) is 0 Å². The van der Waals surface area contributed by atoms with Crippen molar-refractivity contribution >= 4 is 5.97 Å². The van der Waals surface area contributed by atoms with Gasteiger partial charge < -0.3 is 4.74 Å². The lowest BCUT2D eigenvalue weighted by atomic mass is 9.94. The molecule has 0 aromatic carbocycles. The van der Waals surface area contributed by atoms with Crippen molar-refractivity contribution in [2.75, 3.05) is 0 Å². The summed E-state index contributed by atoms with van der Waals surface area (Å²) in [7, 11) is 0. The zero-order valence-corrected chi connectivity index (χ0v) is 10.9. The standard InChI is InChI=1S/C15H20O2/c1-10-5-4-6-11(2)9-14-13(8-7-10)12(3)15(16)17-14/h6-7,14H,4-5,8-9H2,1-3H3/t14-/m1/s1. The predicted molar refractivity (Wildman–Crippen MR) is 68.6 cm³/mol. The van der Waals surface area contributed by atoms with Crippen molar-refractivity contribution in [1.82, 2.24) is 0 Å². The minimum atomic E-state index is -0.136. The first-order chi connectivity index (χ1) is 8.08. The first kappa shape index (κ1) is 12.2. The number of hydrogen-bond donors (Lipinski definition) is 0. The van der Waals surface area contributed by atoms with Gasteiger partial charge in [-0.25, -0.2) is 4.79 Å². The van der Waals surface area contributed by atoms with Gasteiger partial charge in [0.2, 0.25) is 0 Å². The van der Waals surface area contributed by atoms with Crippen LogP contribution in [0.5, 0.6) is 0 Å². The molecule has 0 saturated carbocycles. The van der Waals surface area contributed by atoms with Crippen molar-refractivity contribution < 1.29 is 9.53 Å². The smallest absolute Gasteiger partial charge is 0.334 e. The topological polar surface area (TPSA) is 26.3 Å². The van der Waals surface area contributed by atoms with Crippen LogP contribution in [0.1, 0.15) is 46.5 Å². The molecule has 1 heterocycles. The van der Waals surface area contributed by atoms with Crippen LogP contribution in [0.25, 0.3) is 0 Å². The summed E-state index contributed by atoms with van der Waals surface area (Å²) >= 11 is 0. The Kier molecular flexibility index (Phi) is 3.51. The van der Waals surface area contributed by atoms with Crippen molar-refractivity contribution in [1.29, 1.82) is 0 Å². The van der Waals surface area contributed by atoms with Crippen molar-refractivity contribution in [3.05, 3.63) is 34.4 Å². The first-order valence-corrected chi connectivity index (χ1v) is 6.30. The SMILES string of the molecule is CC1=CCC2=C(C)C(=O)O[C@@H]2CC(C)=CCC1. The maximum absolute atomic E-state index is 11.6. The van der Waals surface area contributed by atoms with Gasteiger partial charge in [-0.15, -0.1) is 0 Å². The van der Waals surface area contributed by atoms with Crippen LogP contribution < -0.4 is 0 Å². The lowest BCUT2D eigenvalue weighted by Crippen LogP contribution is -2.12. The molecule has 0 amide bonds. The third-order valence-corrected chi connectivity index (χ3v) is 3.64. The van der Waals surface area contributed by atoms with Crippen LogP contribution in [-0.2, 0) is 9.53 Å². The van der Waals surface area contributed by atoms with Crippen LogP contribution in [0.4, 0.5) is 0 Å². The Hall–Kier alpha value is -1.31. The number of fused-ring (bicyclic) bond motifs is 1. The Morgan fingerprint density at radius 3 is 2.71 bits per heavy atom. The van der Waals surface area contributed by atoms with Gasteiger partial charge in [-0.05, 0) is 45.6 Å². The molecule has 92 valence electrons. The maximum Gasteiger partial charge on any atom is 0.334 e. The fraction of sp³-hybridized carbons (Fsp3) is 0.533. The summed E-state index contributed by atoms with van der Waals surface area (Å²) in [5.41, 5.74) is 4.70. The van der Waals surface area contributed by atoms with E-state index in [1.54, 1.807) is 0 Å². The van der Waals surface area contributed by atoms with Crippen molar-refractivity contribution in [2.45, 2.75) is 52.6 Å². The third-order valence-electron chi connectivity index (χ3n) is 3.64. The maximum atomic E-state index is 11.6. The van der Waals surface area contributed by atoms with E-state index < -0.39 is 0 Å². The van der Waals surface area contributed by atoms with E-state index in [4.69, 9.17) is 4.74 Å². The highest BCUT2D eigenvalue weighted by molar-refractivity contribution is 5.91. The number of esters is 1. The second kappa shape index (κ2) is 4.91. The molecule has 0 saturated heterocycles. The lowest BCUT2D eigenvalue weighted by Gasteiger charge is -2.15. The van der Waals surface area contributed by atoms with E-state index in [1.165, 1.54) is 16.7 Å². The fourth-order valence-corrected chi connectivity index (χ4v) is 2.42. The molecule has 0 spiro atoms. The van der Waals surface area contributed by atoms with Gasteiger partial charge in [0, 0.05) is 12.0 Å². The highest BCUT2D eigenvalue weighted by atomic mass is 16.5. The number of ether oxygens (including phenoxy) is 1. The van der Waals surface area contributed by atoms with E-state index in [9.17, 15) is 4.79 Å². The molecular formula is C15H20O2. The number of carbonyl (C=O) groups is 1. The van der Waals surface area contributed by atoms with E-state index in [-0.39, 0.29) is 12.1 Å². The third kappa shape index (κ3) is 2.68. The monoisotopic (exact) mass is 232 g/mol. The quantitative estimate of drug-likeness (QED) is 0.470. The Labute approximate surface area is 103 Å². The van der Waals surface area contributed by atoms with Gasteiger partial charge in [0.05, 0.1) is 0 Å². The summed E-state index contributed by atoms with van der Waals surface area (Å²) in [5.74, 6) is -0.136. The van der Waals surface area contributed by atoms with Gasteiger partial charge >= 0.3 is 5.97 Å². The molecule has 0 radical (unpaired) electrons. The number of rotatable bonds is 0. The second-order valence-corrected chi connectivity index (χ2v) is 5.09. The van der Waals surface area contributed by atoms with Crippen molar-refractivity contribution in [3.63, 3.8) is 0 Å². The molecule has 0 aromatic rings. The molecular weight excluding hydrogens is 212 g/mol. The summed E-state index contributed by atoms with van der Waals surface area (Å²) in [4.78, 5) is 11.6. The molecule has 0 unspecified atom stereocenters. The first-order valence-electron chi connectivity index (χ1n) is 6.30. The molecule has 2 nitrogen and oxygen atoms in total. The predicted octanol–water partition coefficient (Wildman–Crippen LogP) is 3.69. The number of carbonyl (C=O) groups excluding carboxylic acids is 1. The van der Waals surface area contributed by atoms with Crippen LogP contribution in [0.2, 0.25) is 0 Å². The summed E-state index contributed by atoms with van der Waals surface area (Å²) in [6.45, 7) is 6.17. The zero-order chi connectivity index (χ0) is 12.4. The van der Waals surface area contributed by atoms with Crippen LogP contribution in [0.3, 0.4) is 0 Å². The molecule has 2 heteroatoms. The van der Waals surface area contributed by atoms with E-state index in [0.717, 1.165) is 31.3 Å². The van der Waals surface area contributed by atoms with Crippen LogP contribution in [0.15, 0.2) is 34.4 Å². The molecule has 0 N–H and O–H groups in total. The molecule has 0 aromatic heterocycles. The van der Waals surface area contributed by atoms with Crippen LogP contribution >= 0.6 is 0 Å². The van der Waals surface area contributed by atoms with Gasteiger partial charge in [-0.1, -0.05) is 23.3 Å². The Balaban J connectivity index is 2.30. The molecule has 0 bridgehead atoms. The van der Waals surface area contributed by atoms with E-state index in [1.807, 2.05) is 6.92 Å². The van der Waals surface area contributed by atoms with Crippen LogP contribution in [0, 0.1) is 0 Å². The van der Waals surface area contributed by atoms with Crippen molar-refractivity contribution in [2.24, 2.45) is 0 Å². The number of allylic oxidation sites excluding steroid dienone is 3. The van der Waals surface area contributed by atoms with Crippen molar-refractivity contribution in [3.8, 4) is 0 Å². The minimum Gasteiger partial charge on any atom is -0.454 e. The highest BCUT2D eigenvalue weighted by Crippen LogP contribution is 2.31. The average Bonchev–Trinajstić information content (AvgIpc) is 2.52. The van der Waals surface area contributed by atoms with E-state index >= 15 is 0 Å². The molecule has 0 fully saturated rings. The summed E-state index contributed by atoms with van der Waals surface area (Å²) < 4.78 is 5.43. The molecule has 2 rings (SSSR count). The largest absolute Gasteiger partial charge is 0.454 e. The normalized spacial score (nSPS) is 26.1. The minimum absolute atomic E-state index is 0.0269. The second-order valence-electron chi connectivity index (χ2n) is 5.09. The van der Waals surface area contributed by atoms with Gasteiger partial charge in [0.15, 0.2) is 0 Å². The molecule has 1 aliphatic carbocycles. The molecule has 17 heavy (non-hydrogen) atoms. The Morgan fingerprint density at radius 1 is 1.18 bits per heavy atom. The Morgan fingerprint density at radius 2 is 1.94 bits per heavy atom. The summed E-state index contributed by atoms with van der Waals surface area (Å²) in [5, 5.41) is 0. The molecule has 1 atom stereocenters. The fourth-order valence-electron chi connectivity index (χ4n) is 2.42. The van der Waals surface area contributed by atoms with Gasteiger partial charge in [0.25, 0.3) is 0 Å². The number of hydrogen-bond acceptors (Lipinski definition) is 2. The molecule has 1 aliphatic heterocycles. The highest BCUT2D eigenvalue weighted by Gasteiger charge is 2.30. The van der Waals surface area contributed by atoms with E-state index in [2.05, 4.69) is 26.0 Å². The zero-order valence-electron chi connectivity index (χ0n) is 10.9. The molecule has 2 aliphatic rings. The Bertz CT molecular complexity index is 424. The summed E-state index contributed by atoms with van der Waals surface area (Å²) in [6, 6.07) is 0. The average molecular weight is 232 g/mol. The lowest BCUT2D eigenvalue weighted by molar-refractivity contribution is -0.139. The summed E-state index contributed by atoms with van der Waals surface area (Å²) in [6.07, 6.45) is 8.40.